The second kappa shape index (κ2) is 6.65. The Bertz CT molecular complexity index is 777. The minimum atomic E-state index is -3.48. The number of benzene rings is 1. The Morgan fingerprint density at radius 2 is 1.95 bits per heavy atom. The van der Waals surface area contributed by atoms with Crippen LogP contribution in [0.3, 0.4) is 0 Å². The highest BCUT2D eigenvalue weighted by Crippen LogP contribution is 2.21. The second-order valence-electron chi connectivity index (χ2n) is 4.10. The molecule has 0 unspecified atom stereocenters. The van der Waals surface area contributed by atoms with Gasteiger partial charge in [0.2, 0.25) is 10.0 Å². The van der Waals surface area contributed by atoms with E-state index in [1.807, 2.05) is 11.4 Å². The zero-order valence-corrected chi connectivity index (χ0v) is 14.3. The van der Waals surface area contributed by atoms with E-state index in [2.05, 4.69) is 20.7 Å². The number of halogens is 1. The van der Waals surface area contributed by atoms with Crippen LogP contribution in [0.15, 0.2) is 51.2 Å². The fraction of sp³-hybridized carbons (Fsp3) is 0.0714. The van der Waals surface area contributed by atoms with Crippen LogP contribution in [-0.2, 0) is 10.0 Å². The minimum Gasteiger partial charge on any atom is -0.289 e. The number of carbonyl (C=O) groups is 1. The first-order valence-corrected chi connectivity index (χ1v) is 9.08. The van der Waals surface area contributed by atoms with Gasteiger partial charge in [0.1, 0.15) is 0 Å². The summed E-state index contributed by atoms with van der Waals surface area (Å²) in [5, 5.41) is 1.93. The van der Waals surface area contributed by atoms with Crippen LogP contribution in [0, 0.1) is 0 Å². The molecular formula is C14H12BrNO3S2. The molecule has 0 saturated carbocycles. The zero-order chi connectivity index (χ0) is 15.5. The average Bonchev–Trinajstić information content (AvgIpc) is 2.90. The maximum Gasteiger partial charge on any atom is 0.240 e. The Labute approximate surface area is 135 Å². The fourth-order valence-corrected chi connectivity index (χ4v) is 3.65. The number of hydrogen-bond acceptors (Lipinski definition) is 4. The maximum absolute atomic E-state index is 12.0. The molecule has 1 N–H and O–H groups in total. The summed E-state index contributed by atoms with van der Waals surface area (Å²) in [5.74, 6) is -0.173. The SMILES string of the molecule is CNS(=O)(=O)c1ccc(C(=O)/C=C/c2cc(Br)cs2)cc1. The summed E-state index contributed by atoms with van der Waals surface area (Å²) < 4.78 is 26.4. The third kappa shape index (κ3) is 4.10. The van der Waals surface area contributed by atoms with Gasteiger partial charge in [0.25, 0.3) is 0 Å². The van der Waals surface area contributed by atoms with Crippen molar-refractivity contribution in [1.82, 2.24) is 4.72 Å². The number of allylic oxidation sites excluding steroid dienone is 1. The summed E-state index contributed by atoms with van der Waals surface area (Å²) in [6.45, 7) is 0. The topological polar surface area (TPSA) is 63.2 Å². The van der Waals surface area contributed by atoms with E-state index in [1.165, 1.54) is 48.7 Å². The van der Waals surface area contributed by atoms with Crippen molar-refractivity contribution in [2.45, 2.75) is 4.90 Å². The van der Waals surface area contributed by atoms with Crippen LogP contribution < -0.4 is 4.72 Å². The number of ketones is 1. The summed E-state index contributed by atoms with van der Waals surface area (Å²) >= 11 is 4.87. The summed E-state index contributed by atoms with van der Waals surface area (Å²) in [7, 11) is -2.13. The van der Waals surface area contributed by atoms with E-state index in [4.69, 9.17) is 0 Å². The molecular weight excluding hydrogens is 374 g/mol. The molecule has 0 aliphatic heterocycles. The van der Waals surface area contributed by atoms with E-state index >= 15 is 0 Å². The van der Waals surface area contributed by atoms with E-state index in [0.717, 1.165) is 9.35 Å². The monoisotopic (exact) mass is 385 g/mol. The summed E-state index contributed by atoms with van der Waals surface area (Å²) in [4.78, 5) is 13.1. The van der Waals surface area contributed by atoms with Crippen molar-refractivity contribution in [3.05, 3.63) is 56.7 Å². The molecule has 1 aromatic carbocycles. The van der Waals surface area contributed by atoms with Crippen molar-refractivity contribution in [3.63, 3.8) is 0 Å². The Kier molecular flexibility index (Phi) is 5.10. The smallest absolute Gasteiger partial charge is 0.240 e. The summed E-state index contributed by atoms with van der Waals surface area (Å²) in [6.07, 6.45) is 3.20. The van der Waals surface area contributed by atoms with Crippen LogP contribution >= 0.6 is 27.3 Å². The molecule has 2 rings (SSSR count). The first-order chi connectivity index (χ1) is 9.92. The van der Waals surface area contributed by atoms with Gasteiger partial charge in [-0.15, -0.1) is 11.3 Å². The van der Waals surface area contributed by atoms with Gasteiger partial charge in [0.15, 0.2) is 5.78 Å². The van der Waals surface area contributed by atoms with Crippen molar-refractivity contribution in [2.75, 3.05) is 7.05 Å². The van der Waals surface area contributed by atoms with Gasteiger partial charge in [0.05, 0.1) is 4.90 Å². The van der Waals surface area contributed by atoms with Gasteiger partial charge < -0.3 is 0 Å². The van der Waals surface area contributed by atoms with Crippen molar-refractivity contribution >= 4 is 49.1 Å². The molecule has 4 nitrogen and oxygen atoms in total. The first kappa shape index (κ1) is 16.1. The molecule has 1 aromatic heterocycles. The normalized spacial score (nSPS) is 11.9. The van der Waals surface area contributed by atoms with Gasteiger partial charge in [-0.05, 0) is 65.5 Å². The van der Waals surface area contributed by atoms with Crippen molar-refractivity contribution in [3.8, 4) is 0 Å². The number of hydrogen-bond donors (Lipinski definition) is 1. The Balaban J connectivity index is 2.15. The standard InChI is InChI=1S/C14H12BrNO3S2/c1-16-21(18,19)13-5-2-10(3-6-13)14(17)7-4-12-8-11(15)9-20-12/h2-9,16H,1H3/b7-4+. The van der Waals surface area contributed by atoms with E-state index in [1.54, 1.807) is 6.08 Å². The quantitative estimate of drug-likeness (QED) is 0.634. The van der Waals surface area contributed by atoms with Crippen LogP contribution in [0.2, 0.25) is 0 Å². The molecule has 0 aliphatic rings. The third-order valence-corrected chi connectivity index (χ3v) is 5.79. The van der Waals surface area contributed by atoms with E-state index in [9.17, 15) is 13.2 Å². The van der Waals surface area contributed by atoms with E-state index in [-0.39, 0.29) is 10.7 Å². The summed E-state index contributed by atoms with van der Waals surface area (Å²) in [6, 6.07) is 7.74. The number of thiophene rings is 1. The maximum atomic E-state index is 12.0. The summed E-state index contributed by atoms with van der Waals surface area (Å²) in [5.41, 5.74) is 0.442. The number of sulfonamides is 1. The fourth-order valence-electron chi connectivity index (χ4n) is 1.59. The highest BCUT2D eigenvalue weighted by Gasteiger charge is 2.11. The van der Waals surface area contributed by atoms with Crippen molar-refractivity contribution in [1.29, 1.82) is 0 Å². The van der Waals surface area contributed by atoms with Crippen LogP contribution in [0.25, 0.3) is 6.08 Å². The predicted octanol–water partition coefficient (Wildman–Crippen LogP) is 3.31. The van der Waals surface area contributed by atoms with E-state index < -0.39 is 10.0 Å². The lowest BCUT2D eigenvalue weighted by Crippen LogP contribution is -2.18. The Morgan fingerprint density at radius 1 is 1.29 bits per heavy atom. The molecule has 2 aromatic rings. The molecule has 0 atom stereocenters. The Hall–Kier alpha value is -1.28. The molecule has 0 bridgehead atoms. The molecule has 0 amide bonds. The van der Waals surface area contributed by atoms with E-state index in [0.29, 0.717) is 5.56 Å². The number of carbonyl (C=O) groups excluding carboxylic acids is 1. The van der Waals surface area contributed by atoms with Crippen molar-refractivity contribution in [2.24, 2.45) is 0 Å². The lowest BCUT2D eigenvalue weighted by atomic mass is 10.1. The molecule has 0 radical (unpaired) electrons. The molecule has 0 spiro atoms. The molecule has 110 valence electrons. The highest BCUT2D eigenvalue weighted by atomic mass is 79.9. The van der Waals surface area contributed by atoms with Gasteiger partial charge in [-0.2, -0.15) is 0 Å². The average molecular weight is 386 g/mol. The largest absolute Gasteiger partial charge is 0.289 e. The molecule has 0 saturated heterocycles. The molecule has 0 fully saturated rings. The highest BCUT2D eigenvalue weighted by molar-refractivity contribution is 9.10. The van der Waals surface area contributed by atoms with Crippen molar-refractivity contribution < 1.29 is 13.2 Å². The lowest BCUT2D eigenvalue weighted by molar-refractivity contribution is 0.104. The van der Waals surface area contributed by atoms with Crippen LogP contribution in [0.1, 0.15) is 15.2 Å². The number of rotatable bonds is 5. The Morgan fingerprint density at radius 3 is 2.48 bits per heavy atom. The minimum absolute atomic E-state index is 0.132. The van der Waals surface area contributed by atoms with Crippen LogP contribution in [0.4, 0.5) is 0 Å². The third-order valence-electron chi connectivity index (χ3n) is 2.70. The molecule has 1 heterocycles. The van der Waals surface area contributed by atoms with Gasteiger partial charge in [-0.1, -0.05) is 0 Å². The predicted molar refractivity (Wildman–Crippen MR) is 88.1 cm³/mol. The molecule has 21 heavy (non-hydrogen) atoms. The molecule has 7 heteroatoms. The first-order valence-electron chi connectivity index (χ1n) is 5.92. The van der Waals surface area contributed by atoms with Crippen LogP contribution in [0.5, 0.6) is 0 Å². The second-order valence-corrected chi connectivity index (χ2v) is 7.84. The molecule has 0 aliphatic carbocycles. The van der Waals surface area contributed by atoms with Gasteiger partial charge in [-0.3, -0.25) is 4.79 Å². The van der Waals surface area contributed by atoms with Gasteiger partial charge in [-0.25, -0.2) is 13.1 Å². The van der Waals surface area contributed by atoms with Crippen LogP contribution in [-0.4, -0.2) is 21.2 Å². The lowest BCUT2D eigenvalue weighted by Gasteiger charge is -2.02. The van der Waals surface area contributed by atoms with Gasteiger partial charge in [0, 0.05) is 20.3 Å². The van der Waals surface area contributed by atoms with Gasteiger partial charge >= 0.3 is 0 Å². The number of nitrogens with one attached hydrogen (secondary N) is 1. The zero-order valence-electron chi connectivity index (χ0n) is 11.0.